The lowest BCUT2D eigenvalue weighted by Gasteiger charge is -2.12. The summed E-state index contributed by atoms with van der Waals surface area (Å²) in [6.45, 7) is 2.74. The van der Waals surface area contributed by atoms with E-state index in [1.165, 1.54) is 5.56 Å². The summed E-state index contributed by atoms with van der Waals surface area (Å²) in [7, 11) is 0. The number of benzene rings is 1. The van der Waals surface area contributed by atoms with Gasteiger partial charge in [0.1, 0.15) is 0 Å². The summed E-state index contributed by atoms with van der Waals surface area (Å²) >= 11 is 6.02. The van der Waals surface area contributed by atoms with Crippen molar-refractivity contribution in [2.45, 2.75) is 19.3 Å². The maximum absolute atomic E-state index is 11.1. The van der Waals surface area contributed by atoms with Crippen molar-refractivity contribution < 1.29 is 4.79 Å². The molecule has 1 saturated heterocycles. The van der Waals surface area contributed by atoms with E-state index in [9.17, 15) is 4.79 Å². The zero-order chi connectivity index (χ0) is 10.1. The summed E-state index contributed by atoms with van der Waals surface area (Å²) in [5.41, 5.74) is 2.28. The number of hydrogen-bond acceptors (Lipinski definition) is 1. The van der Waals surface area contributed by atoms with Gasteiger partial charge in [-0.2, -0.15) is 0 Å². The molecule has 1 fully saturated rings. The standard InChI is InChI=1S/C11H12ClNO/c1-7-9(3-2-4-10(7)12)8-5-11(14)13-6-8/h2-4,8H,5-6H2,1H3,(H,13,14). The molecule has 1 amide bonds. The molecule has 2 nitrogen and oxygen atoms in total. The normalized spacial score (nSPS) is 21.0. The topological polar surface area (TPSA) is 29.1 Å². The molecule has 1 aromatic rings. The van der Waals surface area contributed by atoms with Crippen molar-refractivity contribution in [3.8, 4) is 0 Å². The Labute approximate surface area is 88.3 Å². The summed E-state index contributed by atoms with van der Waals surface area (Å²) in [6, 6.07) is 5.87. The van der Waals surface area contributed by atoms with E-state index in [-0.39, 0.29) is 5.91 Å². The molecule has 0 aromatic heterocycles. The zero-order valence-electron chi connectivity index (χ0n) is 8.01. The van der Waals surface area contributed by atoms with Gasteiger partial charge < -0.3 is 5.32 Å². The molecule has 0 bridgehead atoms. The minimum absolute atomic E-state index is 0.134. The van der Waals surface area contributed by atoms with Crippen LogP contribution >= 0.6 is 11.6 Å². The molecule has 1 unspecified atom stereocenters. The van der Waals surface area contributed by atoms with Crippen molar-refractivity contribution in [3.05, 3.63) is 34.3 Å². The predicted molar refractivity (Wildman–Crippen MR) is 56.6 cm³/mol. The fourth-order valence-electron chi connectivity index (χ4n) is 1.89. The second kappa shape index (κ2) is 3.62. The van der Waals surface area contributed by atoms with Gasteiger partial charge in [-0.3, -0.25) is 4.79 Å². The zero-order valence-corrected chi connectivity index (χ0v) is 8.77. The summed E-state index contributed by atoms with van der Waals surface area (Å²) in [5.74, 6) is 0.426. The Morgan fingerprint density at radius 2 is 2.29 bits per heavy atom. The van der Waals surface area contributed by atoms with Gasteiger partial charge in [0.15, 0.2) is 0 Å². The first-order valence-corrected chi connectivity index (χ1v) is 5.08. The molecule has 1 aliphatic heterocycles. The molecule has 0 spiro atoms. The average Bonchev–Trinajstić information content (AvgIpc) is 2.57. The second-order valence-corrected chi connectivity index (χ2v) is 4.07. The van der Waals surface area contributed by atoms with Gasteiger partial charge in [0, 0.05) is 23.9 Å². The van der Waals surface area contributed by atoms with Gasteiger partial charge in [-0.1, -0.05) is 23.7 Å². The van der Waals surface area contributed by atoms with E-state index in [4.69, 9.17) is 11.6 Å². The molecule has 74 valence electrons. The third kappa shape index (κ3) is 1.62. The highest BCUT2D eigenvalue weighted by molar-refractivity contribution is 6.31. The largest absolute Gasteiger partial charge is 0.355 e. The number of rotatable bonds is 1. The maximum atomic E-state index is 11.1. The summed E-state index contributed by atoms with van der Waals surface area (Å²) in [5, 5.41) is 3.61. The van der Waals surface area contributed by atoms with Crippen LogP contribution < -0.4 is 5.32 Å². The lowest BCUT2D eigenvalue weighted by molar-refractivity contribution is -0.119. The number of halogens is 1. The van der Waals surface area contributed by atoms with E-state index < -0.39 is 0 Å². The number of carbonyl (C=O) groups excluding carboxylic acids is 1. The molecular formula is C11H12ClNO. The third-order valence-corrected chi connectivity index (χ3v) is 3.14. The molecular weight excluding hydrogens is 198 g/mol. The SMILES string of the molecule is Cc1c(Cl)cccc1C1CNC(=O)C1. The van der Waals surface area contributed by atoms with Gasteiger partial charge in [-0.15, -0.1) is 0 Å². The van der Waals surface area contributed by atoms with Crippen LogP contribution in [0.25, 0.3) is 0 Å². The molecule has 2 rings (SSSR count). The van der Waals surface area contributed by atoms with E-state index in [1.54, 1.807) is 0 Å². The lowest BCUT2D eigenvalue weighted by Crippen LogP contribution is -2.13. The Morgan fingerprint density at radius 1 is 1.50 bits per heavy atom. The van der Waals surface area contributed by atoms with Crippen LogP contribution in [0, 0.1) is 6.92 Å². The molecule has 0 saturated carbocycles. The molecule has 0 aliphatic carbocycles. The fourth-order valence-corrected chi connectivity index (χ4v) is 2.07. The van der Waals surface area contributed by atoms with Crippen molar-refractivity contribution in [3.63, 3.8) is 0 Å². The van der Waals surface area contributed by atoms with Gasteiger partial charge in [-0.05, 0) is 24.1 Å². The highest BCUT2D eigenvalue weighted by atomic mass is 35.5. The smallest absolute Gasteiger partial charge is 0.220 e. The minimum atomic E-state index is 0.134. The maximum Gasteiger partial charge on any atom is 0.220 e. The Morgan fingerprint density at radius 3 is 2.93 bits per heavy atom. The monoisotopic (exact) mass is 209 g/mol. The van der Waals surface area contributed by atoms with Crippen molar-refractivity contribution in [2.24, 2.45) is 0 Å². The Balaban J connectivity index is 2.32. The van der Waals surface area contributed by atoms with Gasteiger partial charge in [-0.25, -0.2) is 0 Å². The molecule has 1 aromatic carbocycles. The summed E-state index contributed by atoms with van der Waals surface area (Å²) < 4.78 is 0. The van der Waals surface area contributed by atoms with Crippen LogP contribution in [0.5, 0.6) is 0 Å². The van der Waals surface area contributed by atoms with Crippen LogP contribution in [0.3, 0.4) is 0 Å². The molecule has 1 N–H and O–H groups in total. The lowest BCUT2D eigenvalue weighted by atomic mass is 9.94. The second-order valence-electron chi connectivity index (χ2n) is 3.66. The van der Waals surface area contributed by atoms with Gasteiger partial charge in [0.25, 0.3) is 0 Å². The molecule has 3 heteroatoms. The number of nitrogens with one attached hydrogen (secondary N) is 1. The van der Waals surface area contributed by atoms with E-state index in [0.717, 1.165) is 17.1 Å². The quantitative estimate of drug-likeness (QED) is 0.755. The van der Waals surface area contributed by atoms with E-state index >= 15 is 0 Å². The fraction of sp³-hybridized carbons (Fsp3) is 0.364. The molecule has 0 radical (unpaired) electrons. The first kappa shape index (κ1) is 9.53. The van der Waals surface area contributed by atoms with Crippen molar-refractivity contribution in [1.82, 2.24) is 5.32 Å². The highest BCUT2D eigenvalue weighted by Crippen LogP contribution is 2.29. The Bertz CT molecular complexity index is 376. The third-order valence-electron chi connectivity index (χ3n) is 2.73. The molecule has 1 heterocycles. The van der Waals surface area contributed by atoms with Crippen LogP contribution in [-0.4, -0.2) is 12.5 Å². The van der Waals surface area contributed by atoms with Crippen LogP contribution in [0.2, 0.25) is 5.02 Å². The van der Waals surface area contributed by atoms with Crippen LogP contribution in [0.1, 0.15) is 23.5 Å². The average molecular weight is 210 g/mol. The van der Waals surface area contributed by atoms with Crippen LogP contribution in [0.4, 0.5) is 0 Å². The molecule has 1 aliphatic rings. The molecule has 1 atom stereocenters. The first-order chi connectivity index (χ1) is 6.68. The number of hydrogen-bond donors (Lipinski definition) is 1. The van der Waals surface area contributed by atoms with E-state index in [2.05, 4.69) is 5.32 Å². The minimum Gasteiger partial charge on any atom is -0.355 e. The predicted octanol–water partition coefficient (Wildman–Crippen LogP) is 2.25. The Kier molecular flexibility index (Phi) is 2.46. The number of carbonyl (C=O) groups is 1. The van der Waals surface area contributed by atoms with Crippen molar-refractivity contribution in [1.29, 1.82) is 0 Å². The first-order valence-electron chi connectivity index (χ1n) is 4.70. The Hall–Kier alpha value is -1.02. The van der Waals surface area contributed by atoms with Crippen LogP contribution in [0.15, 0.2) is 18.2 Å². The highest BCUT2D eigenvalue weighted by Gasteiger charge is 2.24. The number of amides is 1. The molecule has 14 heavy (non-hydrogen) atoms. The van der Waals surface area contributed by atoms with E-state index in [1.807, 2.05) is 25.1 Å². The summed E-state index contributed by atoms with van der Waals surface area (Å²) in [6.07, 6.45) is 0.585. The summed E-state index contributed by atoms with van der Waals surface area (Å²) in [4.78, 5) is 11.1. The van der Waals surface area contributed by atoms with Crippen molar-refractivity contribution >= 4 is 17.5 Å². The van der Waals surface area contributed by atoms with Crippen molar-refractivity contribution in [2.75, 3.05) is 6.54 Å². The van der Waals surface area contributed by atoms with Crippen LogP contribution in [-0.2, 0) is 4.79 Å². The van der Waals surface area contributed by atoms with Gasteiger partial charge in [0.2, 0.25) is 5.91 Å². The van der Waals surface area contributed by atoms with E-state index in [0.29, 0.717) is 12.3 Å². The van der Waals surface area contributed by atoms with Gasteiger partial charge in [0.05, 0.1) is 0 Å². The van der Waals surface area contributed by atoms with Gasteiger partial charge >= 0.3 is 0 Å².